The van der Waals surface area contributed by atoms with E-state index < -0.39 is 17.6 Å². The molecule has 1 aromatic heterocycles. The lowest BCUT2D eigenvalue weighted by Gasteiger charge is -2.07. The fourth-order valence-corrected chi connectivity index (χ4v) is 2.27. The fraction of sp³-hybridized carbons (Fsp3) is 0.353. The molecule has 0 fully saturated rings. The van der Waals surface area contributed by atoms with E-state index in [0.29, 0.717) is 0 Å². The molecule has 0 aliphatic heterocycles. The Kier molecular flexibility index (Phi) is 5.37. The monoisotopic (exact) mass is 293 g/mol. The molecule has 1 heterocycles. The Labute approximate surface area is 122 Å². The van der Waals surface area contributed by atoms with Crippen molar-refractivity contribution < 1.29 is 13.2 Å². The summed E-state index contributed by atoms with van der Waals surface area (Å²) in [5, 5.41) is 0. The third-order valence-corrected chi connectivity index (χ3v) is 3.46. The first kappa shape index (κ1) is 15.5. The van der Waals surface area contributed by atoms with Gasteiger partial charge in [0.05, 0.1) is 0 Å². The third kappa shape index (κ3) is 4.06. The molecule has 0 N–H and O–H groups in total. The van der Waals surface area contributed by atoms with Crippen LogP contribution in [0.4, 0.5) is 13.2 Å². The fourth-order valence-electron chi connectivity index (χ4n) is 2.27. The quantitative estimate of drug-likeness (QED) is 0.521. The number of benzene rings is 1. The summed E-state index contributed by atoms with van der Waals surface area (Å²) in [4.78, 5) is 3.28. The summed E-state index contributed by atoms with van der Waals surface area (Å²) in [6, 6.07) is 5.84. The van der Waals surface area contributed by atoms with Crippen LogP contribution in [-0.4, -0.2) is 4.98 Å². The average molecular weight is 293 g/mol. The molecule has 112 valence electrons. The zero-order chi connectivity index (χ0) is 15.2. The molecule has 21 heavy (non-hydrogen) atoms. The Morgan fingerprint density at radius 3 is 2.43 bits per heavy atom. The molecule has 0 spiro atoms. The largest absolute Gasteiger partial charge is 0.248 e. The maximum atomic E-state index is 14.1. The van der Waals surface area contributed by atoms with Crippen LogP contribution in [0.2, 0.25) is 0 Å². The average Bonchev–Trinajstić information content (AvgIpc) is 2.47. The molecule has 0 saturated heterocycles. The lowest BCUT2D eigenvalue weighted by molar-refractivity contribution is 0.479. The van der Waals surface area contributed by atoms with Gasteiger partial charge in [-0.15, -0.1) is 0 Å². The van der Waals surface area contributed by atoms with Gasteiger partial charge in [0, 0.05) is 17.3 Å². The van der Waals surface area contributed by atoms with Gasteiger partial charge in [0.2, 0.25) is 5.95 Å². The van der Waals surface area contributed by atoms with E-state index in [4.69, 9.17) is 0 Å². The highest BCUT2D eigenvalue weighted by Gasteiger charge is 2.10. The first-order valence-electron chi connectivity index (χ1n) is 7.21. The van der Waals surface area contributed by atoms with Gasteiger partial charge < -0.3 is 0 Å². The van der Waals surface area contributed by atoms with Crippen LogP contribution in [0.25, 0.3) is 11.1 Å². The van der Waals surface area contributed by atoms with Crippen LogP contribution in [0.3, 0.4) is 0 Å². The van der Waals surface area contributed by atoms with Crippen molar-refractivity contribution in [1.82, 2.24) is 4.98 Å². The predicted molar refractivity (Wildman–Crippen MR) is 77.4 cm³/mol. The summed E-state index contributed by atoms with van der Waals surface area (Å²) in [6.07, 6.45) is 6.47. The zero-order valence-electron chi connectivity index (χ0n) is 12.0. The van der Waals surface area contributed by atoms with Gasteiger partial charge in [0.25, 0.3) is 0 Å². The van der Waals surface area contributed by atoms with E-state index in [1.807, 2.05) is 6.07 Å². The van der Waals surface area contributed by atoms with E-state index in [1.165, 1.54) is 12.5 Å². The minimum atomic E-state index is -1.17. The lowest BCUT2D eigenvalue weighted by atomic mass is 10.0. The Morgan fingerprint density at radius 1 is 0.952 bits per heavy atom. The topological polar surface area (TPSA) is 12.9 Å². The molecule has 2 aromatic rings. The Balaban J connectivity index is 2.13. The van der Waals surface area contributed by atoms with Gasteiger partial charge in [0.15, 0.2) is 5.82 Å². The van der Waals surface area contributed by atoms with E-state index in [0.717, 1.165) is 43.5 Å². The highest BCUT2D eigenvalue weighted by Crippen LogP contribution is 2.24. The molecular weight excluding hydrogens is 275 g/mol. The van der Waals surface area contributed by atoms with Gasteiger partial charge in [-0.1, -0.05) is 38.3 Å². The van der Waals surface area contributed by atoms with Crippen LogP contribution in [-0.2, 0) is 6.42 Å². The van der Waals surface area contributed by atoms with Gasteiger partial charge in [-0.3, -0.25) is 0 Å². The Morgan fingerprint density at radius 2 is 1.76 bits per heavy atom. The minimum absolute atomic E-state index is 0.235. The smallest absolute Gasteiger partial charge is 0.225 e. The second kappa shape index (κ2) is 7.25. The van der Waals surface area contributed by atoms with Gasteiger partial charge in [0.1, 0.15) is 5.82 Å². The van der Waals surface area contributed by atoms with Crippen molar-refractivity contribution in [2.24, 2.45) is 0 Å². The molecule has 0 amide bonds. The first-order valence-corrected chi connectivity index (χ1v) is 7.21. The molecule has 0 bridgehead atoms. The SMILES string of the molecule is CCCCCCc1ccc(-c2cnc(F)c(F)c2)c(F)c1. The number of hydrogen-bond donors (Lipinski definition) is 0. The van der Waals surface area contributed by atoms with Crippen LogP contribution in [0.15, 0.2) is 30.5 Å². The standard InChI is InChI=1S/C17H18F3N/c1-2-3-4-5-6-12-7-8-14(15(18)9-12)13-10-16(19)17(20)21-11-13/h7-11H,2-6H2,1H3. The lowest BCUT2D eigenvalue weighted by Crippen LogP contribution is -1.94. The Bertz CT molecular complexity index is 611. The van der Waals surface area contributed by atoms with Crippen LogP contribution >= 0.6 is 0 Å². The normalized spacial score (nSPS) is 10.9. The molecule has 0 atom stereocenters. The summed E-state index contributed by atoms with van der Waals surface area (Å²) >= 11 is 0. The van der Waals surface area contributed by atoms with Crippen molar-refractivity contribution in [3.05, 3.63) is 53.6 Å². The zero-order valence-corrected chi connectivity index (χ0v) is 12.0. The van der Waals surface area contributed by atoms with Crippen molar-refractivity contribution in [2.45, 2.75) is 39.0 Å². The molecule has 0 saturated carbocycles. The number of unbranched alkanes of at least 4 members (excludes halogenated alkanes) is 3. The maximum absolute atomic E-state index is 14.1. The van der Waals surface area contributed by atoms with Gasteiger partial charge in [-0.25, -0.2) is 13.8 Å². The van der Waals surface area contributed by atoms with Crippen molar-refractivity contribution in [3.63, 3.8) is 0 Å². The second-order valence-electron chi connectivity index (χ2n) is 5.12. The van der Waals surface area contributed by atoms with Crippen LogP contribution in [0.1, 0.15) is 38.2 Å². The highest BCUT2D eigenvalue weighted by molar-refractivity contribution is 5.63. The number of aromatic nitrogens is 1. The minimum Gasteiger partial charge on any atom is -0.225 e. The molecule has 0 aliphatic rings. The maximum Gasteiger partial charge on any atom is 0.248 e. The van der Waals surface area contributed by atoms with E-state index in [9.17, 15) is 13.2 Å². The number of hydrogen-bond acceptors (Lipinski definition) is 1. The van der Waals surface area contributed by atoms with Crippen molar-refractivity contribution in [1.29, 1.82) is 0 Å². The predicted octanol–water partition coefficient (Wildman–Crippen LogP) is 5.29. The molecule has 1 aromatic carbocycles. The van der Waals surface area contributed by atoms with Gasteiger partial charge >= 0.3 is 0 Å². The van der Waals surface area contributed by atoms with Crippen LogP contribution < -0.4 is 0 Å². The van der Waals surface area contributed by atoms with Gasteiger partial charge in [-0.05, 0) is 30.5 Å². The van der Waals surface area contributed by atoms with E-state index in [-0.39, 0.29) is 11.1 Å². The van der Waals surface area contributed by atoms with Crippen LogP contribution in [0.5, 0.6) is 0 Å². The van der Waals surface area contributed by atoms with E-state index >= 15 is 0 Å². The second-order valence-corrected chi connectivity index (χ2v) is 5.12. The highest BCUT2D eigenvalue weighted by atomic mass is 19.2. The summed E-state index contributed by atoms with van der Waals surface area (Å²) in [6.45, 7) is 2.14. The third-order valence-electron chi connectivity index (χ3n) is 3.46. The summed E-state index contributed by atoms with van der Waals surface area (Å²) in [7, 11) is 0. The molecule has 4 heteroatoms. The van der Waals surface area contributed by atoms with Crippen molar-refractivity contribution in [2.75, 3.05) is 0 Å². The Hall–Kier alpha value is -1.84. The van der Waals surface area contributed by atoms with Gasteiger partial charge in [-0.2, -0.15) is 4.39 Å². The summed E-state index contributed by atoms with van der Waals surface area (Å²) in [5.74, 6) is -2.68. The number of nitrogens with zero attached hydrogens (tertiary/aromatic N) is 1. The van der Waals surface area contributed by atoms with Crippen molar-refractivity contribution in [3.8, 4) is 11.1 Å². The molecule has 0 radical (unpaired) electrons. The van der Waals surface area contributed by atoms with Crippen molar-refractivity contribution >= 4 is 0 Å². The number of pyridine rings is 1. The molecule has 0 aliphatic carbocycles. The van der Waals surface area contributed by atoms with E-state index in [2.05, 4.69) is 11.9 Å². The summed E-state index contributed by atoms with van der Waals surface area (Å²) in [5.41, 5.74) is 1.39. The van der Waals surface area contributed by atoms with E-state index in [1.54, 1.807) is 6.07 Å². The van der Waals surface area contributed by atoms with Crippen LogP contribution in [0, 0.1) is 17.6 Å². The number of rotatable bonds is 6. The molecule has 2 rings (SSSR count). The first-order chi connectivity index (χ1) is 10.1. The number of halogens is 3. The molecule has 0 unspecified atom stereocenters. The molecular formula is C17H18F3N. The molecule has 1 nitrogen and oxygen atoms in total. The number of aryl methyl sites for hydroxylation is 1. The summed E-state index contributed by atoms with van der Waals surface area (Å²) < 4.78 is 40.1.